The molecule has 104 valence electrons. The van der Waals surface area contributed by atoms with Gasteiger partial charge in [0.2, 0.25) is 0 Å². The monoisotopic (exact) mass is 276 g/mol. The van der Waals surface area contributed by atoms with Gasteiger partial charge < -0.3 is 10.1 Å². The van der Waals surface area contributed by atoms with E-state index in [1.807, 2.05) is 0 Å². The fourth-order valence-corrected chi connectivity index (χ4v) is 1.62. The highest BCUT2D eigenvalue weighted by Crippen LogP contribution is 2.17. The Hall–Kier alpha value is -2.63. The summed E-state index contributed by atoms with van der Waals surface area (Å²) in [6.07, 6.45) is 0. The van der Waals surface area contributed by atoms with Crippen LogP contribution in [0.3, 0.4) is 0 Å². The van der Waals surface area contributed by atoms with Crippen molar-refractivity contribution < 1.29 is 14.1 Å². The third-order valence-corrected chi connectivity index (χ3v) is 2.61. The van der Waals surface area contributed by atoms with E-state index in [0.717, 1.165) is 0 Å². The lowest BCUT2D eigenvalue weighted by Crippen LogP contribution is -2.12. The van der Waals surface area contributed by atoms with E-state index in [1.165, 1.54) is 30.3 Å². The number of nitro groups is 1. The van der Waals surface area contributed by atoms with Crippen LogP contribution < -0.4 is 10.1 Å². The summed E-state index contributed by atoms with van der Waals surface area (Å²) in [4.78, 5) is 10.0. The van der Waals surface area contributed by atoms with Crippen molar-refractivity contribution in [1.82, 2.24) is 0 Å². The zero-order valence-corrected chi connectivity index (χ0v) is 10.6. The maximum Gasteiger partial charge on any atom is 0.269 e. The molecule has 6 heteroatoms. The quantitative estimate of drug-likeness (QED) is 0.500. The summed E-state index contributed by atoms with van der Waals surface area (Å²) < 4.78 is 18.7. The van der Waals surface area contributed by atoms with Crippen LogP contribution in [0, 0.1) is 15.9 Å². The number of halogens is 1. The van der Waals surface area contributed by atoms with Crippen molar-refractivity contribution in [2.24, 2.45) is 0 Å². The maximum absolute atomic E-state index is 13.3. The second-order valence-corrected chi connectivity index (χ2v) is 4.01. The van der Waals surface area contributed by atoms with Gasteiger partial charge in [-0.05, 0) is 24.3 Å². The number of anilines is 1. The van der Waals surface area contributed by atoms with Crippen LogP contribution in [0.15, 0.2) is 48.5 Å². The Balaban J connectivity index is 1.79. The molecule has 0 aliphatic heterocycles. The van der Waals surface area contributed by atoms with E-state index in [0.29, 0.717) is 24.6 Å². The second kappa shape index (κ2) is 6.51. The Labute approximate surface area is 115 Å². The number of hydrogen-bond acceptors (Lipinski definition) is 4. The summed E-state index contributed by atoms with van der Waals surface area (Å²) in [6.45, 7) is 0.754. The minimum absolute atomic E-state index is 0.0156. The van der Waals surface area contributed by atoms with Gasteiger partial charge in [0.25, 0.3) is 5.69 Å². The number of para-hydroxylation sites is 1. The number of nitrogens with zero attached hydrogens (tertiary/aromatic N) is 1. The molecule has 0 saturated heterocycles. The number of ether oxygens (including phenoxy) is 1. The molecule has 0 heterocycles. The number of non-ortho nitro benzene ring substituents is 1. The average Bonchev–Trinajstić information content (AvgIpc) is 2.46. The first-order chi connectivity index (χ1) is 9.66. The molecule has 0 aliphatic rings. The molecule has 2 aromatic carbocycles. The highest BCUT2D eigenvalue weighted by Gasteiger charge is 2.04. The minimum Gasteiger partial charge on any atom is -0.492 e. The van der Waals surface area contributed by atoms with Crippen molar-refractivity contribution in [1.29, 1.82) is 0 Å². The minimum atomic E-state index is -0.469. The molecule has 0 aliphatic carbocycles. The molecule has 0 fully saturated rings. The number of rotatable bonds is 6. The maximum atomic E-state index is 13.3. The highest BCUT2D eigenvalue weighted by atomic mass is 19.1. The highest BCUT2D eigenvalue weighted by molar-refractivity contribution is 5.44. The standard InChI is InChI=1S/C14H13FN2O3/c15-13-3-1-2-4-14(13)16-9-10-20-12-7-5-11(6-8-12)17(18)19/h1-8,16H,9-10H2. The topological polar surface area (TPSA) is 64.4 Å². The van der Waals surface area contributed by atoms with Gasteiger partial charge in [-0.1, -0.05) is 12.1 Å². The number of benzene rings is 2. The van der Waals surface area contributed by atoms with Gasteiger partial charge in [0.1, 0.15) is 18.2 Å². The summed E-state index contributed by atoms with van der Waals surface area (Å²) in [5.41, 5.74) is 0.432. The third-order valence-electron chi connectivity index (χ3n) is 2.61. The molecule has 1 N–H and O–H groups in total. The normalized spacial score (nSPS) is 10.1. The molecule has 2 rings (SSSR count). The molecular formula is C14H13FN2O3. The Morgan fingerprint density at radius 3 is 2.50 bits per heavy atom. The van der Waals surface area contributed by atoms with Gasteiger partial charge in [-0.2, -0.15) is 0 Å². The summed E-state index contributed by atoms with van der Waals surface area (Å²) in [7, 11) is 0. The number of nitro benzene ring substituents is 1. The SMILES string of the molecule is O=[N+]([O-])c1ccc(OCCNc2ccccc2F)cc1. The van der Waals surface area contributed by atoms with Gasteiger partial charge in [0.05, 0.1) is 10.6 Å². The molecule has 0 saturated carbocycles. The lowest BCUT2D eigenvalue weighted by Gasteiger charge is -2.09. The summed E-state index contributed by atoms with van der Waals surface area (Å²) in [5, 5.41) is 13.4. The molecule has 20 heavy (non-hydrogen) atoms. The van der Waals surface area contributed by atoms with E-state index >= 15 is 0 Å². The van der Waals surface area contributed by atoms with Crippen molar-refractivity contribution in [2.45, 2.75) is 0 Å². The van der Waals surface area contributed by atoms with Crippen LogP contribution in [0.1, 0.15) is 0 Å². The fourth-order valence-electron chi connectivity index (χ4n) is 1.62. The number of nitrogens with one attached hydrogen (secondary N) is 1. The van der Waals surface area contributed by atoms with E-state index in [9.17, 15) is 14.5 Å². The molecule has 0 radical (unpaired) electrons. The van der Waals surface area contributed by atoms with Crippen molar-refractivity contribution in [2.75, 3.05) is 18.5 Å². The van der Waals surface area contributed by atoms with Crippen LogP contribution in [0.2, 0.25) is 0 Å². The first-order valence-corrected chi connectivity index (χ1v) is 6.02. The Bertz CT molecular complexity index is 587. The van der Waals surface area contributed by atoms with Crippen LogP contribution in [-0.2, 0) is 0 Å². The molecule has 2 aromatic rings. The largest absolute Gasteiger partial charge is 0.492 e. The molecule has 5 nitrogen and oxygen atoms in total. The zero-order valence-electron chi connectivity index (χ0n) is 10.6. The second-order valence-electron chi connectivity index (χ2n) is 4.01. The third kappa shape index (κ3) is 3.68. The van der Waals surface area contributed by atoms with Crippen LogP contribution in [0.5, 0.6) is 5.75 Å². The predicted octanol–water partition coefficient (Wildman–Crippen LogP) is 3.22. The van der Waals surface area contributed by atoms with Crippen molar-refractivity contribution >= 4 is 11.4 Å². The van der Waals surface area contributed by atoms with Crippen molar-refractivity contribution in [3.63, 3.8) is 0 Å². The van der Waals surface area contributed by atoms with Gasteiger partial charge in [0, 0.05) is 18.7 Å². The van der Waals surface area contributed by atoms with Gasteiger partial charge in [-0.3, -0.25) is 10.1 Å². The van der Waals surface area contributed by atoms with E-state index in [2.05, 4.69) is 5.32 Å². The first kappa shape index (κ1) is 13.8. The van der Waals surface area contributed by atoms with E-state index in [4.69, 9.17) is 4.74 Å². The molecule has 0 aromatic heterocycles. The predicted molar refractivity (Wildman–Crippen MR) is 73.5 cm³/mol. The van der Waals surface area contributed by atoms with Crippen LogP contribution >= 0.6 is 0 Å². The molecule has 0 spiro atoms. The lowest BCUT2D eigenvalue weighted by molar-refractivity contribution is -0.384. The van der Waals surface area contributed by atoms with E-state index < -0.39 is 4.92 Å². The number of hydrogen-bond donors (Lipinski definition) is 1. The van der Waals surface area contributed by atoms with Crippen molar-refractivity contribution in [3.8, 4) is 5.75 Å². The summed E-state index contributed by atoms with van der Waals surface area (Å²) in [5.74, 6) is 0.216. The molecular weight excluding hydrogens is 263 g/mol. The summed E-state index contributed by atoms with van der Waals surface area (Å²) in [6, 6.07) is 12.2. The van der Waals surface area contributed by atoms with Gasteiger partial charge in [-0.15, -0.1) is 0 Å². The average molecular weight is 276 g/mol. The van der Waals surface area contributed by atoms with E-state index in [1.54, 1.807) is 18.2 Å². The smallest absolute Gasteiger partial charge is 0.269 e. The molecule has 0 amide bonds. The lowest BCUT2D eigenvalue weighted by atomic mass is 10.3. The molecule has 0 atom stereocenters. The van der Waals surface area contributed by atoms with Gasteiger partial charge in [0.15, 0.2) is 0 Å². The van der Waals surface area contributed by atoms with Crippen LogP contribution in [0.4, 0.5) is 15.8 Å². The molecule has 0 bridgehead atoms. The Kier molecular flexibility index (Phi) is 4.49. The van der Waals surface area contributed by atoms with Crippen molar-refractivity contribution in [3.05, 3.63) is 64.5 Å². The van der Waals surface area contributed by atoms with Gasteiger partial charge >= 0.3 is 0 Å². The van der Waals surface area contributed by atoms with Crippen LogP contribution in [0.25, 0.3) is 0 Å². The summed E-state index contributed by atoms with van der Waals surface area (Å²) >= 11 is 0. The zero-order chi connectivity index (χ0) is 14.4. The Morgan fingerprint density at radius 1 is 1.15 bits per heavy atom. The molecule has 0 unspecified atom stereocenters. The van der Waals surface area contributed by atoms with Gasteiger partial charge in [-0.25, -0.2) is 4.39 Å². The van der Waals surface area contributed by atoms with E-state index in [-0.39, 0.29) is 11.5 Å². The van der Waals surface area contributed by atoms with Crippen LogP contribution in [-0.4, -0.2) is 18.1 Å². The first-order valence-electron chi connectivity index (χ1n) is 6.02. The Morgan fingerprint density at radius 2 is 1.85 bits per heavy atom. The fraction of sp³-hybridized carbons (Fsp3) is 0.143.